The molecule has 1 aliphatic heterocycles. The molecule has 0 radical (unpaired) electrons. The first-order valence-corrected chi connectivity index (χ1v) is 11.4. The maximum absolute atomic E-state index is 9.69. The summed E-state index contributed by atoms with van der Waals surface area (Å²) in [5.74, 6) is 0.570. The molecule has 0 bridgehead atoms. The lowest BCUT2D eigenvalue weighted by atomic mass is 9.90. The van der Waals surface area contributed by atoms with E-state index in [4.69, 9.17) is 10.7 Å². The summed E-state index contributed by atoms with van der Waals surface area (Å²) in [5, 5.41) is 3.58. The molecule has 168 valence electrons. The third-order valence-electron chi connectivity index (χ3n) is 4.80. The fourth-order valence-corrected chi connectivity index (χ4v) is 3.17. The Kier molecular flexibility index (Phi) is 14.5. The quantitative estimate of drug-likeness (QED) is 0.526. The molecule has 4 nitrogen and oxygen atoms in total. The zero-order chi connectivity index (χ0) is 23.1. The molecule has 1 saturated heterocycles. The number of piperidine rings is 1. The molecule has 4 heteroatoms. The molecule has 1 atom stereocenters. The number of benzene rings is 1. The fraction of sp³-hybridized carbons (Fsp3) is 0.538. The summed E-state index contributed by atoms with van der Waals surface area (Å²) in [5.41, 5.74) is 12.2. The molecule has 0 aliphatic carbocycles. The monoisotopic (exact) mass is 413 g/mol. The molecule has 1 fully saturated rings. The van der Waals surface area contributed by atoms with Gasteiger partial charge in [0.05, 0.1) is 5.69 Å². The Balaban J connectivity index is 0.00000105. The van der Waals surface area contributed by atoms with E-state index in [0.717, 1.165) is 43.6 Å². The number of hydrogen-bond acceptors (Lipinski definition) is 4. The van der Waals surface area contributed by atoms with Gasteiger partial charge in [-0.15, -0.1) is 0 Å². The van der Waals surface area contributed by atoms with Crippen molar-refractivity contribution in [1.29, 1.82) is 0 Å². The molecular weight excluding hydrogens is 370 g/mol. The number of nitrogens with two attached hydrogens (primary N) is 1. The van der Waals surface area contributed by atoms with Crippen molar-refractivity contribution in [2.75, 3.05) is 6.54 Å². The second-order valence-corrected chi connectivity index (χ2v) is 7.47. The van der Waals surface area contributed by atoms with E-state index in [-0.39, 0.29) is 5.78 Å². The molecule has 1 aliphatic rings. The fourth-order valence-electron chi connectivity index (χ4n) is 3.17. The van der Waals surface area contributed by atoms with Crippen LogP contribution in [0.2, 0.25) is 0 Å². The van der Waals surface area contributed by atoms with Crippen molar-refractivity contribution in [2.45, 2.75) is 86.1 Å². The second-order valence-electron chi connectivity index (χ2n) is 7.47. The number of rotatable bonds is 6. The highest BCUT2D eigenvalue weighted by molar-refractivity contribution is 6.04. The standard InChI is InChI=1S/C20H31N3.C4H6O.C2H6/c1-5-7-17(21)20-18(6-2)22-13-12-19(20)23-16-10-8-15(9-11-16)14(3)4;1-3-4(2)5;1-2/h8-11,14,18,22H,5-7,12-13,21H2,1-4H3;3H,1H2,2H3;1-2H3/b20-17-,23-19?;;. The predicted octanol–water partition coefficient (Wildman–Crippen LogP) is 6.45. The smallest absolute Gasteiger partial charge is 0.152 e. The summed E-state index contributed by atoms with van der Waals surface area (Å²) in [7, 11) is 0. The molecule has 0 spiro atoms. The van der Waals surface area contributed by atoms with Gasteiger partial charge in [0, 0.05) is 36.0 Å². The van der Waals surface area contributed by atoms with E-state index in [1.165, 1.54) is 29.8 Å². The predicted molar refractivity (Wildman–Crippen MR) is 133 cm³/mol. The van der Waals surface area contributed by atoms with Gasteiger partial charge in [0.1, 0.15) is 0 Å². The van der Waals surface area contributed by atoms with E-state index in [1.54, 1.807) is 0 Å². The van der Waals surface area contributed by atoms with Crippen LogP contribution in [0, 0.1) is 0 Å². The molecule has 1 heterocycles. The zero-order valence-corrected chi connectivity index (χ0v) is 20.2. The normalized spacial score (nSPS) is 18.7. The Bertz CT molecular complexity index is 699. The lowest BCUT2D eigenvalue weighted by Crippen LogP contribution is -2.41. The molecule has 0 aromatic heterocycles. The van der Waals surface area contributed by atoms with Crippen molar-refractivity contribution in [3.05, 3.63) is 53.8 Å². The Morgan fingerprint density at radius 1 is 1.27 bits per heavy atom. The van der Waals surface area contributed by atoms with Crippen molar-refractivity contribution in [3.63, 3.8) is 0 Å². The molecule has 0 saturated carbocycles. The average molecular weight is 414 g/mol. The molecule has 2 rings (SSSR count). The number of hydrogen-bond donors (Lipinski definition) is 2. The van der Waals surface area contributed by atoms with Crippen LogP contribution in [-0.4, -0.2) is 24.1 Å². The lowest BCUT2D eigenvalue weighted by molar-refractivity contribution is -0.112. The Labute approximate surface area is 184 Å². The van der Waals surface area contributed by atoms with Crippen LogP contribution in [0.1, 0.15) is 85.6 Å². The van der Waals surface area contributed by atoms with Crippen LogP contribution in [0.4, 0.5) is 5.69 Å². The first-order chi connectivity index (χ1) is 14.3. The highest BCUT2D eigenvalue weighted by Crippen LogP contribution is 2.25. The molecule has 1 aromatic carbocycles. The number of aliphatic imine (C=N–C) groups is 1. The summed E-state index contributed by atoms with van der Waals surface area (Å²) in [6.45, 7) is 18.5. The Hall–Kier alpha value is -2.20. The van der Waals surface area contributed by atoms with Crippen molar-refractivity contribution in [2.24, 2.45) is 10.7 Å². The largest absolute Gasteiger partial charge is 0.402 e. The van der Waals surface area contributed by atoms with Gasteiger partial charge in [-0.1, -0.05) is 66.7 Å². The second kappa shape index (κ2) is 15.6. The van der Waals surface area contributed by atoms with Crippen LogP contribution in [0.15, 0.2) is 53.2 Å². The minimum Gasteiger partial charge on any atom is -0.402 e. The summed E-state index contributed by atoms with van der Waals surface area (Å²) in [4.78, 5) is 14.6. The van der Waals surface area contributed by atoms with Crippen LogP contribution in [0.25, 0.3) is 0 Å². The summed E-state index contributed by atoms with van der Waals surface area (Å²) in [6.07, 6.45) is 5.29. The first-order valence-electron chi connectivity index (χ1n) is 11.4. The van der Waals surface area contributed by atoms with E-state index < -0.39 is 0 Å². The van der Waals surface area contributed by atoms with Gasteiger partial charge in [0.25, 0.3) is 0 Å². The highest BCUT2D eigenvalue weighted by atomic mass is 16.1. The zero-order valence-electron chi connectivity index (χ0n) is 20.2. The molecule has 0 amide bonds. The van der Waals surface area contributed by atoms with Gasteiger partial charge >= 0.3 is 0 Å². The minimum absolute atomic E-state index is 0.0185. The van der Waals surface area contributed by atoms with Crippen LogP contribution >= 0.6 is 0 Å². The molecule has 30 heavy (non-hydrogen) atoms. The minimum atomic E-state index is 0.0185. The average Bonchev–Trinajstić information content (AvgIpc) is 2.75. The number of carbonyl (C=O) groups is 1. The van der Waals surface area contributed by atoms with Crippen molar-refractivity contribution < 1.29 is 4.79 Å². The molecule has 1 unspecified atom stereocenters. The van der Waals surface area contributed by atoms with Gasteiger partial charge in [0.15, 0.2) is 5.78 Å². The van der Waals surface area contributed by atoms with Gasteiger partial charge in [-0.3, -0.25) is 9.79 Å². The number of ketones is 1. The maximum Gasteiger partial charge on any atom is 0.152 e. The van der Waals surface area contributed by atoms with Crippen LogP contribution in [0.3, 0.4) is 0 Å². The molecule has 3 N–H and O–H groups in total. The Morgan fingerprint density at radius 3 is 2.27 bits per heavy atom. The Morgan fingerprint density at radius 2 is 1.83 bits per heavy atom. The van der Waals surface area contributed by atoms with Crippen molar-refractivity contribution >= 4 is 17.2 Å². The van der Waals surface area contributed by atoms with Crippen LogP contribution in [-0.2, 0) is 4.79 Å². The lowest BCUT2D eigenvalue weighted by Gasteiger charge is -2.29. The number of carbonyl (C=O) groups excluding carboxylic acids is 1. The maximum atomic E-state index is 9.69. The van der Waals surface area contributed by atoms with Crippen LogP contribution in [0.5, 0.6) is 0 Å². The SMILES string of the molecule is C=CC(C)=O.CC.CCC/C(N)=C1/C(=Nc2ccc(C(C)C)cc2)CCNC1CC. The number of nitrogens with zero attached hydrogens (tertiary/aromatic N) is 1. The summed E-state index contributed by atoms with van der Waals surface area (Å²) >= 11 is 0. The highest BCUT2D eigenvalue weighted by Gasteiger charge is 2.24. The van der Waals surface area contributed by atoms with Gasteiger partial charge in [0.2, 0.25) is 0 Å². The van der Waals surface area contributed by atoms with E-state index in [9.17, 15) is 4.79 Å². The topological polar surface area (TPSA) is 67.5 Å². The number of allylic oxidation sites excluding steroid dienone is 2. The van der Waals surface area contributed by atoms with Gasteiger partial charge in [-0.25, -0.2) is 0 Å². The van der Waals surface area contributed by atoms with E-state index in [1.807, 2.05) is 13.8 Å². The van der Waals surface area contributed by atoms with Gasteiger partial charge in [-0.2, -0.15) is 0 Å². The summed E-state index contributed by atoms with van der Waals surface area (Å²) in [6, 6.07) is 8.95. The van der Waals surface area contributed by atoms with E-state index in [0.29, 0.717) is 12.0 Å². The molecule has 1 aromatic rings. The third-order valence-corrected chi connectivity index (χ3v) is 4.80. The summed E-state index contributed by atoms with van der Waals surface area (Å²) < 4.78 is 0. The first kappa shape index (κ1) is 27.8. The molecular formula is C26H43N3O. The van der Waals surface area contributed by atoms with E-state index in [2.05, 4.69) is 63.9 Å². The van der Waals surface area contributed by atoms with Gasteiger partial charge in [-0.05, 0) is 49.5 Å². The van der Waals surface area contributed by atoms with Crippen molar-refractivity contribution in [3.8, 4) is 0 Å². The number of nitrogens with one attached hydrogen (secondary N) is 1. The van der Waals surface area contributed by atoms with Crippen molar-refractivity contribution in [1.82, 2.24) is 5.32 Å². The van der Waals surface area contributed by atoms with Crippen LogP contribution < -0.4 is 11.1 Å². The third kappa shape index (κ3) is 9.53. The van der Waals surface area contributed by atoms with Gasteiger partial charge < -0.3 is 11.1 Å². The van der Waals surface area contributed by atoms with E-state index >= 15 is 0 Å².